The Morgan fingerprint density at radius 2 is 1.35 bits per heavy atom. The van der Waals surface area contributed by atoms with Crippen molar-refractivity contribution in [2.75, 3.05) is 34.9 Å². The van der Waals surface area contributed by atoms with Crippen molar-refractivity contribution >= 4 is 56.8 Å². The molecule has 3 aromatic carbocycles. The van der Waals surface area contributed by atoms with E-state index in [0.717, 1.165) is 47.7 Å². The number of nitrogens with zero attached hydrogens (tertiary/aromatic N) is 4. The molecule has 0 saturated heterocycles. The molecule has 43 heavy (non-hydrogen) atoms. The van der Waals surface area contributed by atoms with Crippen LogP contribution in [-0.4, -0.2) is 46.3 Å². The molecule has 16 nitrogen and oxygen atoms in total. The Balaban J connectivity index is 1.92. The maximum Gasteiger partial charge on any atom is 0.346 e. The quantitative estimate of drug-likeness (QED) is 0.141. The molecule has 0 saturated carbocycles. The van der Waals surface area contributed by atoms with Gasteiger partial charge in [0.15, 0.2) is 5.75 Å². The molecule has 4 aromatic rings. The fourth-order valence-corrected chi connectivity index (χ4v) is 4.54. The number of hydrazine groups is 1. The number of methoxy groups -OCH3 is 2. The number of urea groups is 2. The second-order valence-electron chi connectivity index (χ2n) is 8.39. The predicted molar refractivity (Wildman–Crippen MR) is 156 cm³/mol. The Kier molecular flexibility index (Phi) is 8.76. The van der Waals surface area contributed by atoms with Gasteiger partial charge >= 0.3 is 12.1 Å². The molecule has 4 amide bonds. The van der Waals surface area contributed by atoms with Gasteiger partial charge in [-0.15, -0.1) is 11.3 Å². The normalized spacial score (nSPS) is 10.4. The fraction of sp³-hybridized carbons (Fsp3) is 0.0769. The van der Waals surface area contributed by atoms with E-state index in [1.807, 2.05) is 0 Å². The molecule has 4 rings (SSSR count). The SMILES string of the molecule is COc1cccc(NC(=O)N(c2ccc([N+](=O)[O-])cc2O)N(C(=O)Nc2sccc2OC)c2ccc([N+](=O)[O-])cc2O)c1. The molecule has 0 fully saturated rings. The lowest BCUT2D eigenvalue weighted by atomic mass is 10.2. The van der Waals surface area contributed by atoms with Gasteiger partial charge in [-0.2, -0.15) is 10.0 Å². The van der Waals surface area contributed by atoms with Crippen LogP contribution in [0, 0.1) is 20.2 Å². The number of phenolic OH excluding ortho intramolecular Hbond substituents is 2. The van der Waals surface area contributed by atoms with Gasteiger partial charge < -0.3 is 25.0 Å². The number of benzene rings is 3. The third-order valence-corrected chi connectivity index (χ3v) is 6.58. The first-order chi connectivity index (χ1) is 20.5. The highest BCUT2D eigenvalue weighted by Crippen LogP contribution is 2.39. The maximum absolute atomic E-state index is 13.9. The molecular formula is C26H22N6O10S. The van der Waals surface area contributed by atoms with Crippen LogP contribution in [-0.2, 0) is 0 Å². The van der Waals surface area contributed by atoms with Crippen LogP contribution in [0.5, 0.6) is 23.0 Å². The van der Waals surface area contributed by atoms with Gasteiger partial charge in [0.05, 0.1) is 36.2 Å². The minimum Gasteiger partial charge on any atom is -0.505 e. The zero-order chi connectivity index (χ0) is 31.3. The number of nitro benzene ring substituents is 2. The van der Waals surface area contributed by atoms with Crippen molar-refractivity contribution in [3.63, 3.8) is 0 Å². The van der Waals surface area contributed by atoms with Crippen LogP contribution in [0.4, 0.5) is 43.0 Å². The third kappa shape index (κ3) is 6.46. The number of amides is 4. The molecular weight excluding hydrogens is 588 g/mol. The number of carbonyl (C=O) groups is 2. The minimum absolute atomic E-state index is 0.184. The van der Waals surface area contributed by atoms with E-state index >= 15 is 0 Å². The number of hydrogen-bond donors (Lipinski definition) is 4. The van der Waals surface area contributed by atoms with Crippen molar-refractivity contribution in [3.05, 3.63) is 92.3 Å². The second-order valence-corrected chi connectivity index (χ2v) is 9.31. The minimum atomic E-state index is -1.09. The molecule has 0 aliphatic carbocycles. The van der Waals surface area contributed by atoms with E-state index in [4.69, 9.17) is 9.47 Å². The number of phenols is 2. The number of nitro groups is 2. The molecule has 4 N–H and O–H groups in total. The largest absolute Gasteiger partial charge is 0.505 e. The Labute approximate surface area is 246 Å². The third-order valence-electron chi connectivity index (χ3n) is 5.77. The summed E-state index contributed by atoms with van der Waals surface area (Å²) < 4.78 is 10.4. The van der Waals surface area contributed by atoms with E-state index < -0.39 is 56.2 Å². The van der Waals surface area contributed by atoms with Gasteiger partial charge in [0.1, 0.15) is 33.6 Å². The molecule has 0 radical (unpaired) electrons. The Hall–Kier alpha value is -6.10. The van der Waals surface area contributed by atoms with Crippen molar-refractivity contribution in [1.82, 2.24) is 0 Å². The van der Waals surface area contributed by atoms with Crippen LogP contribution < -0.4 is 30.1 Å². The van der Waals surface area contributed by atoms with Crippen LogP contribution in [0.1, 0.15) is 0 Å². The van der Waals surface area contributed by atoms with E-state index in [1.54, 1.807) is 23.6 Å². The van der Waals surface area contributed by atoms with E-state index in [1.165, 1.54) is 26.4 Å². The Morgan fingerprint density at radius 3 is 1.84 bits per heavy atom. The molecule has 17 heteroatoms. The standard InChI is InChI=1S/C26H22N6O10S/c1-41-18-5-3-4-15(12-18)27-25(35)29(19-8-6-16(31(37)38)13-21(19)33)30(20-9-7-17(32(39)40)14-22(20)34)26(36)28-24-23(42-2)10-11-43-24/h3-14,33-34H,1-2H3,(H,27,35)(H,28,36). The number of hydrogen-bond acceptors (Lipinski definition) is 11. The van der Waals surface area contributed by atoms with E-state index in [9.17, 15) is 40.0 Å². The van der Waals surface area contributed by atoms with Crippen molar-refractivity contribution in [1.29, 1.82) is 0 Å². The summed E-state index contributed by atoms with van der Waals surface area (Å²) in [5.41, 5.74) is -1.72. The number of aromatic hydroxyl groups is 2. The molecule has 222 valence electrons. The second kappa shape index (κ2) is 12.6. The van der Waals surface area contributed by atoms with Gasteiger partial charge in [0, 0.05) is 23.9 Å². The summed E-state index contributed by atoms with van der Waals surface area (Å²) in [5, 5.41) is 52.4. The number of carbonyl (C=O) groups excluding carboxylic acids is 2. The highest BCUT2D eigenvalue weighted by molar-refractivity contribution is 7.14. The number of rotatable bonds is 8. The first kappa shape index (κ1) is 29.9. The van der Waals surface area contributed by atoms with Gasteiger partial charge in [-0.1, -0.05) is 6.07 Å². The summed E-state index contributed by atoms with van der Waals surface area (Å²) in [6, 6.07) is 11.0. The Morgan fingerprint density at radius 1 is 0.791 bits per heavy atom. The average Bonchev–Trinajstić information content (AvgIpc) is 3.43. The zero-order valence-corrected chi connectivity index (χ0v) is 23.1. The molecule has 1 aromatic heterocycles. The van der Waals surface area contributed by atoms with Gasteiger partial charge in [-0.25, -0.2) is 9.59 Å². The number of nitrogens with one attached hydrogen (secondary N) is 2. The van der Waals surface area contributed by atoms with Crippen molar-refractivity contribution < 1.29 is 39.1 Å². The zero-order valence-electron chi connectivity index (χ0n) is 22.3. The van der Waals surface area contributed by atoms with Crippen LogP contribution in [0.25, 0.3) is 0 Å². The predicted octanol–water partition coefficient (Wildman–Crippen LogP) is 5.69. The van der Waals surface area contributed by atoms with Crippen LogP contribution in [0.15, 0.2) is 72.1 Å². The van der Waals surface area contributed by atoms with Gasteiger partial charge in [0.25, 0.3) is 11.4 Å². The monoisotopic (exact) mass is 610 g/mol. The highest BCUT2D eigenvalue weighted by atomic mass is 32.1. The molecule has 0 spiro atoms. The lowest BCUT2D eigenvalue weighted by Crippen LogP contribution is -2.54. The Bertz CT molecular complexity index is 1710. The lowest BCUT2D eigenvalue weighted by molar-refractivity contribution is -0.385. The van der Waals surface area contributed by atoms with Crippen LogP contribution >= 0.6 is 11.3 Å². The highest BCUT2D eigenvalue weighted by Gasteiger charge is 2.35. The fourth-order valence-electron chi connectivity index (χ4n) is 3.80. The van der Waals surface area contributed by atoms with E-state index in [-0.39, 0.29) is 16.4 Å². The van der Waals surface area contributed by atoms with Crippen molar-refractivity contribution in [2.45, 2.75) is 0 Å². The summed E-state index contributed by atoms with van der Waals surface area (Å²) in [6.07, 6.45) is 0. The van der Waals surface area contributed by atoms with Crippen LogP contribution in [0.3, 0.4) is 0 Å². The van der Waals surface area contributed by atoms with E-state index in [2.05, 4.69) is 10.6 Å². The topological polar surface area (TPSA) is 210 Å². The van der Waals surface area contributed by atoms with E-state index in [0.29, 0.717) is 15.8 Å². The summed E-state index contributed by atoms with van der Waals surface area (Å²) in [4.78, 5) is 48.9. The van der Waals surface area contributed by atoms with Gasteiger partial charge in [0.2, 0.25) is 0 Å². The first-order valence-corrected chi connectivity index (χ1v) is 12.8. The molecule has 0 bridgehead atoms. The number of ether oxygens (including phenoxy) is 2. The first-order valence-electron chi connectivity index (χ1n) is 12.0. The average molecular weight is 611 g/mol. The summed E-state index contributed by atoms with van der Waals surface area (Å²) in [7, 11) is 2.77. The molecule has 1 heterocycles. The summed E-state index contributed by atoms with van der Waals surface area (Å²) >= 11 is 1.06. The number of thiophene rings is 1. The van der Waals surface area contributed by atoms with Gasteiger partial charge in [-0.3, -0.25) is 25.5 Å². The lowest BCUT2D eigenvalue weighted by Gasteiger charge is -2.35. The molecule has 0 atom stereocenters. The van der Waals surface area contributed by atoms with Gasteiger partial charge in [-0.05, 0) is 35.7 Å². The molecule has 0 aliphatic rings. The van der Waals surface area contributed by atoms with Crippen molar-refractivity contribution in [3.8, 4) is 23.0 Å². The maximum atomic E-state index is 13.9. The molecule has 0 aliphatic heterocycles. The van der Waals surface area contributed by atoms with Crippen LogP contribution in [0.2, 0.25) is 0 Å². The molecule has 0 unspecified atom stereocenters. The van der Waals surface area contributed by atoms with Crippen molar-refractivity contribution in [2.24, 2.45) is 0 Å². The number of anilines is 4. The summed E-state index contributed by atoms with van der Waals surface area (Å²) in [6.45, 7) is 0. The smallest absolute Gasteiger partial charge is 0.346 e. The number of non-ortho nitro benzene ring substituents is 2. The summed E-state index contributed by atoms with van der Waals surface area (Å²) in [5.74, 6) is -0.947.